The second-order valence-corrected chi connectivity index (χ2v) is 4.08. The predicted molar refractivity (Wildman–Crippen MR) is 77.5 cm³/mol. The zero-order valence-electron chi connectivity index (χ0n) is 11.1. The van der Waals surface area contributed by atoms with Crippen molar-refractivity contribution in [3.63, 3.8) is 0 Å². The summed E-state index contributed by atoms with van der Waals surface area (Å²) >= 11 is 0. The summed E-state index contributed by atoms with van der Waals surface area (Å²) in [6.07, 6.45) is 0. The molecule has 0 aromatic heterocycles. The summed E-state index contributed by atoms with van der Waals surface area (Å²) < 4.78 is 0. The van der Waals surface area contributed by atoms with E-state index >= 15 is 0 Å². The van der Waals surface area contributed by atoms with Crippen LogP contribution >= 0.6 is 0 Å². The molecule has 0 saturated heterocycles. The highest BCUT2D eigenvalue weighted by atomic mass is 16.2. The first-order valence-corrected chi connectivity index (χ1v) is 6.13. The maximum Gasteiger partial charge on any atom is 0.238 e. The molecule has 0 aliphatic heterocycles. The van der Waals surface area contributed by atoms with E-state index in [0.717, 1.165) is 0 Å². The number of hydrogen-bond acceptors (Lipinski definition) is 4. The average molecular weight is 274 g/mol. The Morgan fingerprint density at radius 1 is 1.15 bits per heavy atom. The van der Waals surface area contributed by atoms with E-state index in [9.17, 15) is 9.59 Å². The van der Waals surface area contributed by atoms with Crippen LogP contribution in [0.15, 0.2) is 30.3 Å². The van der Waals surface area contributed by atoms with Crippen molar-refractivity contribution in [1.82, 2.24) is 4.90 Å². The van der Waals surface area contributed by atoms with Crippen molar-refractivity contribution in [1.29, 1.82) is 0 Å². The number of anilines is 1. The molecule has 0 aliphatic rings. The van der Waals surface area contributed by atoms with Gasteiger partial charge in [-0.1, -0.05) is 30.0 Å². The molecule has 0 fully saturated rings. The van der Waals surface area contributed by atoms with Gasteiger partial charge in [-0.25, -0.2) is 0 Å². The van der Waals surface area contributed by atoms with Gasteiger partial charge < -0.3 is 16.8 Å². The number of nitrogens with two attached hydrogens (primary N) is 2. The molecule has 0 bridgehead atoms. The summed E-state index contributed by atoms with van der Waals surface area (Å²) in [6.45, 7) is 0.515. The zero-order valence-corrected chi connectivity index (χ0v) is 11.1. The second kappa shape index (κ2) is 8.69. The van der Waals surface area contributed by atoms with Gasteiger partial charge in [0.1, 0.15) is 0 Å². The molecule has 0 atom stereocenters. The third kappa shape index (κ3) is 6.54. The maximum absolute atomic E-state index is 11.9. The molecule has 0 aliphatic carbocycles. The molecule has 0 spiro atoms. The molecule has 5 N–H and O–H groups in total. The molecule has 2 amide bonds. The first kappa shape index (κ1) is 15.7. The van der Waals surface area contributed by atoms with Gasteiger partial charge in [0.15, 0.2) is 0 Å². The van der Waals surface area contributed by atoms with Crippen LogP contribution in [-0.2, 0) is 9.59 Å². The zero-order chi connectivity index (χ0) is 14.8. The van der Waals surface area contributed by atoms with Crippen molar-refractivity contribution in [2.45, 2.75) is 0 Å². The normalized spacial score (nSPS) is 9.70. The van der Waals surface area contributed by atoms with Gasteiger partial charge in [0.2, 0.25) is 11.8 Å². The van der Waals surface area contributed by atoms with E-state index in [-0.39, 0.29) is 32.1 Å². The van der Waals surface area contributed by atoms with E-state index < -0.39 is 5.91 Å². The van der Waals surface area contributed by atoms with Crippen LogP contribution in [0.5, 0.6) is 0 Å². The number of para-hydroxylation sites is 1. The van der Waals surface area contributed by atoms with Gasteiger partial charge in [-0.3, -0.25) is 14.5 Å². The van der Waals surface area contributed by atoms with Crippen LogP contribution in [0.4, 0.5) is 5.69 Å². The number of nitrogens with one attached hydrogen (secondary N) is 1. The minimum absolute atomic E-state index is 0.0263. The minimum atomic E-state index is -0.507. The van der Waals surface area contributed by atoms with Crippen LogP contribution in [-0.4, -0.2) is 42.9 Å². The Kier molecular flexibility index (Phi) is 6.82. The number of nitrogens with zero attached hydrogens (tertiary/aromatic N) is 1. The molecule has 20 heavy (non-hydrogen) atoms. The Morgan fingerprint density at radius 2 is 1.85 bits per heavy atom. The van der Waals surface area contributed by atoms with Crippen LogP contribution in [0.3, 0.4) is 0 Å². The summed E-state index contributed by atoms with van der Waals surface area (Å²) in [4.78, 5) is 24.4. The van der Waals surface area contributed by atoms with Crippen molar-refractivity contribution >= 4 is 17.5 Å². The molecule has 6 heteroatoms. The number of carbonyl (C=O) groups excluding carboxylic acids is 2. The van der Waals surface area contributed by atoms with Crippen molar-refractivity contribution in [3.05, 3.63) is 30.3 Å². The molecule has 0 saturated carbocycles. The van der Waals surface area contributed by atoms with Crippen LogP contribution in [0.1, 0.15) is 0 Å². The predicted octanol–water partition coefficient (Wildman–Crippen LogP) is -0.625. The van der Waals surface area contributed by atoms with Crippen molar-refractivity contribution in [3.8, 4) is 11.8 Å². The number of amides is 2. The van der Waals surface area contributed by atoms with Crippen LogP contribution in [0.25, 0.3) is 0 Å². The Balaban J connectivity index is 2.54. The van der Waals surface area contributed by atoms with E-state index in [4.69, 9.17) is 11.5 Å². The van der Waals surface area contributed by atoms with Gasteiger partial charge in [-0.05, 0) is 12.1 Å². The van der Waals surface area contributed by atoms with E-state index in [1.165, 1.54) is 0 Å². The topological polar surface area (TPSA) is 101 Å². The fourth-order valence-corrected chi connectivity index (χ4v) is 1.55. The Labute approximate surface area is 118 Å². The fourth-order valence-electron chi connectivity index (χ4n) is 1.55. The summed E-state index contributed by atoms with van der Waals surface area (Å²) in [7, 11) is 0. The molecule has 0 unspecified atom stereocenters. The van der Waals surface area contributed by atoms with Crippen LogP contribution in [0.2, 0.25) is 0 Å². The van der Waals surface area contributed by atoms with Gasteiger partial charge in [-0.15, -0.1) is 0 Å². The number of rotatable bonds is 6. The highest BCUT2D eigenvalue weighted by Gasteiger charge is 2.12. The van der Waals surface area contributed by atoms with Gasteiger partial charge in [-0.2, -0.15) is 0 Å². The Bertz CT molecular complexity index is 505. The molecule has 106 valence electrons. The molecular weight excluding hydrogens is 256 g/mol. The first-order chi connectivity index (χ1) is 9.61. The highest BCUT2D eigenvalue weighted by molar-refractivity contribution is 5.92. The fraction of sp³-hybridized carbons (Fsp3) is 0.286. The van der Waals surface area contributed by atoms with E-state index in [0.29, 0.717) is 5.69 Å². The van der Waals surface area contributed by atoms with Gasteiger partial charge in [0.25, 0.3) is 0 Å². The first-order valence-electron chi connectivity index (χ1n) is 6.13. The molecule has 1 aromatic rings. The molecule has 1 aromatic carbocycles. The van der Waals surface area contributed by atoms with Crippen LogP contribution in [0, 0.1) is 11.8 Å². The smallest absolute Gasteiger partial charge is 0.238 e. The third-order valence-electron chi connectivity index (χ3n) is 2.33. The van der Waals surface area contributed by atoms with Crippen molar-refractivity contribution in [2.75, 3.05) is 31.5 Å². The van der Waals surface area contributed by atoms with Crippen molar-refractivity contribution < 1.29 is 9.59 Å². The van der Waals surface area contributed by atoms with Crippen LogP contribution < -0.4 is 16.8 Å². The molecular formula is C14H18N4O2. The number of benzene rings is 1. The summed E-state index contributed by atoms with van der Waals surface area (Å²) in [5, 5.41) is 2.73. The number of carbonyl (C=O) groups is 2. The number of primary amides is 1. The van der Waals surface area contributed by atoms with E-state index in [2.05, 4.69) is 17.2 Å². The second-order valence-electron chi connectivity index (χ2n) is 4.08. The van der Waals surface area contributed by atoms with Crippen molar-refractivity contribution in [2.24, 2.45) is 11.5 Å². The number of hydrogen-bond donors (Lipinski definition) is 3. The van der Waals surface area contributed by atoms with Gasteiger partial charge in [0, 0.05) is 5.69 Å². The third-order valence-corrected chi connectivity index (χ3v) is 2.33. The highest BCUT2D eigenvalue weighted by Crippen LogP contribution is 2.04. The quantitative estimate of drug-likeness (QED) is 0.601. The SMILES string of the molecule is NCC#CCN(CC(N)=O)CC(=O)Nc1ccccc1. The lowest BCUT2D eigenvalue weighted by Crippen LogP contribution is -2.39. The van der Waals surface area contributed by atoms with E-state index in [1.807, 2.05) is 18.2 Å². The standard InChI is InChI=1S/C14H18N4O2/c15-8-4-5-9-18(10-13(16)19)11-14(20)17-12-6-2-1-3-7-12/h1-3,6-7H,8-11,15H2,(H2,16,19)(H,17,20). The Hall–Kier alpha value is -2.36. The van der Waals surface area contributed by atoms with Gasteiger partial charge >= 0.3 is 0 Å². The lowest BCUT2D eigenvalue weighted by Gasteiger charge is -2.17. The minimum Gasteiger partial charge on any atom is -0.369 e. The van der Waals surface area contributed by atoms with E-state index in [1.54, 1.807) is 17.0 Å². The monoisotopic (exact) mass is 274 g/mol. The molecule has 0 radical (unpaired) electrons. The maximum atomic E-state index is 11.9. The lowest BCUT2D eigenvalue weighted by molar-refractivity contribution is -0.120. The summed E-state index contributed by atoms with van der Waals surface area (Å²) in [5.74, 6) is 4.71. The molecule has 0 heterocycles. The largest absolute Gasteiger partial charge is 0.369 e. The lowest BCUT2D eigenvalue weighted by atomic mass is 10.3. The summed E-state index contributed by atoms with van der Waals surface area (Å²) in [5.41, 5.74) is 11.1. The molecule has 6 nitrogen and oxygen atoms in total. The average Bonchev–Trinajstić information content (AvgIpc) is 2.39. The van der Waals surface area contributed by atoms with Gasteiger partial charge in [0.05, 0.1) is 26.2 Å². The Morgan fingerprint density at radius 3 is 2.45 bits per heavy atom. The summed E-state index contributed by atoms with van der Waals surface area (Å²) in [6, 6.07) is 9.07. The molecule has 1 rings (SSSR count).